The third-order valence-electron chi connectivity index (χ3n) is 3.14. The van der Waals surface area contributed by atoms with E-state index in [-0.39, 0.29) is 0 Å². The third kappa shape index (κ3) is 2.85. The quantitative estimate of drug-likeness (QED) is 0.673. The molecule has 1 aromatic rings. The second-order valence-corrected chi connectivity index (χ2v) is 4.34. The van der Waals surface area contributed by atoms with Gasteiger partial charge >= 0.3 is 0 Å². The average molecular weight is 201 g/mol. The number of rotatable bonds is 1. The Hall–Kier alpha value is -1.24. The Bertz CT molecular complexity index is 315. The number of hydrogen-bond acceptors (Lipinski definition) is 1. The van der Waals surface area contributed by atoms with Crippen LogP contribution in [0.4, 0.5) is 0 Å². The van der Waals surface area contributed by atoms with Crippen LogP contribution < -0.4 is 0 Å². The minimum absolute atomic E-state index is 0.735. The van der Waals surface area contributed by atoms with E-state index >= 15 is 0 Å². The normalized spacial score (nSPS) is 22.2. The minimum Gasteiger partial charge on any atom is -0.381 e. The van der Waals surface area contributed by atoms with Crippen LogP contribution in [0.25, 0.3) is 0 Å². The van der Waals surface area contributed by atoms with Gasteiger partial charge in [0, 0.05) is 13.6 Å². The molecule has 1 heterocycles. The summed E-state index contributed by atoms with van der Waals surface area (Å²) >= 11 is 0. The number of hydrogen-bond donors (Lipinski definition) is 0. The third-order valence-corrected chi connectivity index (χ3v) is 3.14. The highest BCUT2D eigenvalue weighted by Crippen LogP contribution is 2.26. The first-order valence-corrected chi connectivity index (χ1v) is 5.78. The van der Waals surface area contributed by atoms with E-state index in [1.807, 2.05) is 0 Å². The topological polar surface area (TPSA) is 3.24 Å². The summed E-state index contributed by atoms with van der Waals surface area (Å²) in [5.41, 5.74) is 1.50. The van der Waals surface area contributed by atoms with Gasteiger partial charge in [0.25, 0.3) is 0 Å². The van der Waals surface area contributed by atoms with Gasteiger partial charge in [0.2, 0.25) is 0 Å². The zero-order valence-corrected chi connectivity index (χ0v) is 9.39. The Labute approximate surface area is 92.4 Å². The van der Waals surface area contributed by atoms with E-state index in [4.69, 9.17) is 0 Å². The average Bonchev–Trinajstić information content (AvgIpc) is 2.25. The Morgan fingerprint density at radius 2 is 1.93 bits per heavy atom. The van der Waals surface area contributed by atoms with Crippen LogP contribution in [-0.4, -0.2) is 18.5 Å². The van der Waals surface area contributed by atoms with E-state index in [1.165, 1.54) is 24.8 Å². The monoisotopic (exact) mass is 201 g/mol. The Morgan fingerprint density at radius 3 is 2.73 bits per heavy atom. The molecule has 80 valence electrons. The fourth-order valence-electron chi connectivity index (χ4n) is 2.19. The SMILES string of the molecule is CN1C=CCCC(c2ccccc2)CC1. The molecule has 0 radical (unpaired) electrons. The molecule has 1 unspecified atom stereocenters. The molecule has 1 aliphatic heterocycles. The van der Waals surface area contributed by atoms with E-state index in [9.17, 15) is 0 Å². The molecule has 0 aromatic heterocycles. The maximum absolute atomic E-state index is 2.29. The number of benzene rings is 1. The second kappa shape index (κ2) is 5.01. The molecule has 1 aliphatic rings. The van der Waals surface area contributed by atoms with Crippen molar-refractivity contribution in [1.29, 1.82) is 0 Å². The van der Waals surface area contributed by atoms with Crippen molar-refractivity contribution in [1.82, 2.24) is 4.90 Å². The van der Waals surface area contributed by atoms with Gasteiger partial charge in [0.1, 0.15) is 0 Å². The van der Waals surface area contributed by atoms with Crippen molar-refractivity contribution in [3.05, 3.63) is 48.2 Å². The molecule has 0 aliphatic carbocycles. The van der Waals surface area contributed by atoms with Gasteiger partial charge in [-0.25, -0.2) is 0 Å². The van der Waals surface area contributed by atoms with Crippen LogP contribution in [0.15, 0.2) is 42.6 Å². The zero-order valence-electron chi connectivity index (χ0n) is 9.39. The molecule has 15 heavy (non-hydrogen) atoms. The molecule has 1 nitrogen and oxygen atoms in total. The molecule has 0 saturated heterocycles. The van der Waals surface area contributed by atoms with Crippen LogP contribution in [0.3, 0.4) is 0 Å². The standard InChI is InChI=1S/C14H19N/c1-15-11-6-5-9-14(10-12-15)13-7-3-2-4-8-13/h2-4,6-8,11,14H,5,9-10,12H2,1H3. The van der Waals surface area contributed by atoms with Gasteiger partial charge in [0.05, 0.1) is 0 Å². The van der Waals surface area contributed by atoms with E-state index in [2.05, 4.69) is 54.6 Å². The first-order valence-electron chi connectivity index (χ1n) is 5.78. The first-order chi connectivity index (χ1) is 7.36. The Morgan fingerprint density at radius 1 is 1.13 bits per heavy atom. The van der Waals surface area contributed by atoms with Crippen molar-refractivity contribution in [2.24, 2.45) is 0 Å². The highest BCUT2D eigenvalue weighted by atomic mass is 15.1. The van der Waals surface area contributed by atoms with Crippen LogP contribution in [0, 0.1) is 0 Å². The largest absolute Gasteiger partial charge is 0.381 e. The number of allylic oxidation sites excluding steroid dienone is 1. The van der Waals surface area contributed by atoms with Crippen LogP contribution in [0.1, 0.15) is 30.7 Å². The lowest BCUT2D eigenvalue weighted by Gasteiger charge is -2.23. The molecular weight excluding hydrogens is 182 g/mol. The summed E-state index contributed by atoms with van der Waals surface area (Å²) in [6, 6.07) is 10.9. The lowest BCUT2D eigenvalue weighted by Crippen LogP contribution is -2.17. The molecule has 2 rings (SSSR count). The van der Waals surface area contributed by atoms with Crippen LogP contribution in [0.5, 0.6) is 0 Å². The van der Waals surface area contributed by atoms with Crippen LogP contribution >= 0.6 is 0 Å². The van der Waals surface area contributed by atoms with Gasteiger partial charge < -0.3 is 4.90 Å². The summed E-state index contributed by atoms with van der Waals surface area (Å²) in [4.78, 5) is 2.29. The maximum Gasteiger partial charge on any atom is 0.0174 e. The van der Waals surface area contributed by atoms with Crippen molar-refractivity contribution in [3.63, 3.8) is 0 Å². The van der Waals surface area contributed by atoms with Gasteiger partial charge in [-0.1, -0.05) is 36.4 Å². The number of nitrogens with zero attached hydrogens (tertiary/aromatic N) is 1. The summed E-state index contributed by atoms with van der Waals surface area (Å²) in [7, 11) is 2.16. The van der Waals surface area contributed by atoms with E-state index in [1.54, 1.807) is 0 Å². The predicted octanol–water partition coefficient (Wildman–Crippen LogP) is 3.40. The fraction of sp³-hybridized carbons (Fsp3) is 0.429. The lowest BCUT2D eigenvalue weighted by atomic mass is 9.90. The van der Waals surface area contributed by atoms with E-state index < -0.39 is 0 Å². The van der Waals surface area contributed by atoms with Crippen molar-refractivity contribution in [2.45, 2.75) is 25.2 Å². The molecule has 0 fully saturated rings. The van der Waals surface area contributed by atoms with Gasteiger partial charge in [-0.15, -0.1) is 0 Å². The van der Waals surface area contributed by atoms with Crippen molar-refractivity contribution in [3.8, 4) is 0 Å². The Balaban J connectivity index is 2.07. The van der Waals surface area contributed by atoms with Crippen LogP contribution in [0.2, 0.25) is 0 Å². The predicted molar refractivity (Wildman–Crippen MR) is 64.8 cm³/mol. The summed E-state index contributed by atoms with van der Waals surface area (Å²) in [5.74, 6) is 0.735. The summed E-state index contributed by atoms with van der Waals surface area (Å²) in [6.07, 6.45) is 8.25. The molecule has 0 bridgehead atoms. The zero-order chi connectivity index (χ0) is 10.5. The molecule has 0 N–H and O–H groups in total. The van der Waals surface area contributed by atoms with E-state index in [0.29, 0.717) is 0 Å². The van der Waals surface area contributed by atoms with Crippen LogP contribution in [-0.2, 0) is 0 Å². The summed E-state index contributed by atoms with van der Waals surface area (Å²) < 4.78 is 0. The van der Waals surface area contributed by atoms with Crippen molar-refractivity contribution in [2.75, 3.05) is 13.6 Å². The molecule has 1 aromatic carbocycles. The minimum atomic E-state index is 0.735. The molecule has 0 saturated carbocycles. The van der Waals surface area contributed by atoms with Gasteiger partial charge in [-0.3, -0.25) is 0 Å². The highest BCUT2D eigenvalue weighted by Gasteiger charge is 2.12. The molecule has 0 spiro atoms. The summed E-state index contributed by atoms with van der Waals surface area (Å²) in [6.45, 7) is 1.16. The van der Waals surface area contributed by atoms with Crippen molar-refractivity contribution < 1.29 is 0 Å². The summed E-state index contributed by atoms with van der Waals surface area (Å²) in [5, 5.41) is 0. The van der Waals surface area contributed by atoms with Gasteiger partial charge in [-0.2, -0.15) is 0 Å². The van der Waals surface area contributed by atoms with Gasteiger partial charge in [-0.05, 0) is 36.9 Å². The fourth-order valence-corrected chi connectivity index (χ4v) is 2.19. The maximum atomic E-state index is 2.29. The molecule has 0 amide bonds. The van der Waals surface area contributed by atoms with E-state index in [0.717, 1.165) is 12.5 Å². The highest BCUT2D eigenvalue weighted by molar-refractivity contribution is 5.19. The Kier molecular flexibility index (Phi) is 3.44. The lowest BCUT2D eigenvalue weighted by molar-refractivity contribution is 0.399. The van der Waals surface area contributed by atoms with Gasteiger partial charge in [0.15, 0.2) is 0 Å². The first kappa shape index (κ1) is 10.3. The molecule has 1 atom stereocenters. The second-order valence-electron chi connectivity index (χ2n) is 4.34. The van der Waals surface area contributed by atoms with Crippen molar-refractivity contribution >= 4 is 0 Å². The smallest absolute Gasteiger partial charge is 0.0174 e. The molecular formula is C14H19N. The molecule has 1 heteroatoms.